The molecule has 180 valence electrons. The predicted molar refractivity (Wildman–Crippen MR) is 126 cm³/mol. The number of rotatable bonds is 6. The zero-order chi connectivity index (χ0) is 24.0. The lowest BCUT2D eigenvalue weighted by atomic mass is 9.84. The Kier molecular flexibility index (Phi) is 5.93. The van der Waals surface area contributed by atoms with E-state index in [9.17, 15) is 22.4 Å². The van der Waals surface area contributed by atoms with Gasteiger partial charge in [0, 0.05) is 23.8 Å². The Labute approximate surface area is 198 Å². The first-order valence-electron chi connectivity index (χ1n) is 11.7. The molecule has 0 radical (unpaired) electrons. The van der Waals surface area contributed by atoms with Crippen molar-refractivity contribution < 1.29 is 22.4 Å². The Balaban J connectivity index is 1.25. The lowest BCUT2D eigenvalue weighted by molar-refractivity contribution is -0.123. The molecule has 2 aromatic carbocycles. The van der Waals surface area contributed by atoms with Crippen LogP contribution >= 0.6 is 0 Å². The van der Waals surface area contributed by atoms with Crippen molar-refractivity contribution in [1.82, 2.24) is 4.72 Å². The smallest absolute Gasteiger partial charge is 0.240 e. The maximum Gasteiger partial charge on any atom is 0.240 e. The summed E-state index contributed by atoms with van der Waals surface area (Å²) in [6, 6.07) is 9.80. The summed E-state index contributed by atoms with van der Waals surface area (Å²) in [6.45, 7) is 1.95. The number of hydrogen-bond donors (Lipinski definition) is 3. The van der Waals surface area contributed by atoms with E-state index in [1.54, 1.807) is 0 Å². The third kappa shape index (κ3) is 4.46. The monoisotopic (exact) mass is 485 g/mol. The van der Waals surface area contributed by atoms with E-state index < -0.39 is 27.7 Å². The third-order valence-electron chi connectivity index (χ3n) is 7.58. The summed E-state index contributed by atoms with van der Waals surface area (Å²) in [5, 5.41) is 5.33. The number of amides is 2. The van der Waals surface area contributed by atoms with Crippen LogP contribution in [0.3, 0.4) is 0 Å². The number of nitrogens with one attached hydrogen (secondary N) is 3. The fourth-order valence-electron chi connectivity index (χ4n) is 5.92. The van der Waals surface area contributed by atoms with Crippen LogP contribution < -0.4 is 15.4 Å². The third-order valence-corrected chi connectivity index (χ3v) is 9.15. The van der Waals surface area contributed by atoms with Crippen molar-refractivity contribution in [3.05, 3.63) is 53.8 Å². The molecule has 0 aromatic heterocycles. The number of carbonyl (C=O) groups is 2. The highest BCUT2D eigenvalue weighted by Crippen LogP contribution is 2.49. The van der Waals surface area contributed by atoms with E-state index in [4.69, 9.17) is 0 Å². The molecule has 0 saturated heterocycles. The summed E-state index contributed by atoms with van der Waals surface area (Å²) >= 11 is 0. The van der Waals surface area contributed by atoms with Crippen LogP contribution in [0.4, 0.5) is 15.8 Å². The van der Waals surface area contributed by atoms with Crippen molar-refractivity contribution >= 4 is 33.2 Å². The second-order valence-electron chi connectivity index (χ2n) is 9.80. The van der Waals surface area contributed by atoms with Crippen LogP contribution in [0.25, 0.3) is 0 Å². The maximum atomic E-state index is 13.5. The van der Waals surface area contributed by atoms with Gasteiger partial charge in [0.25, 0.3) is 0 Å². The van der Waals surface area contributed by atoms with E-state index in [0.717, 1.165) is 12.3 Å². The van der Waals surface area contributed by atoms with Crippen molar-refractivity contribution in [3.63, 3.8) is 0 Å². The van der Waals surface area contributed by atoms with Crippen molar-refractivity contribution in [3.8, 4) is 0 Å². The van der Waals surface area contributed by atoms with Gasteiger partial charge >= 0.3 is 0 Å². The van der Waals surface area contributed by atoms with Crippen LogP contribution in [0.1, 0.15) is 50.5 Å². The van der Waals surface area contributed by atoms with Crippen LogP contribution in [-0.4, -0.2) is 26.3 Å². The molecule has 2 amide bonds. The number of carbonyl (C=O) groups excluding carboxylic acids is 2. The zero-order valence-corrected chi connectivity index (χ0v) is 19.7. The summed E-state index contributed by atoms with van der Waals surface area (Å²) < 4.78 is 42.2. The first kappa shape index (κ1) is 23.0. The van der Waals surface area contributed by atoms with Gasteiger partial charge in [-0.25, -0.2) is 17.5 Å². The summed E-state index contributed by atoms with van der Waals surface area (Å²) in [6.07, 6.45) is 4.71. The SMILES string of the molecule is CC(NS(=O)(=O)c1ccc(NC(=O)C2CC(=O)Nc3cc(F)ccc32)cc1)C1CC2CCC1C2. The topological polar surface area (TPSA) is 104 Å². The minimum Gasteiger partial charge on any atom is -0.326 e. The van der Waals surface area contributed by atoms with Gasteiger partial charge in [-0.15, -0.1) is 0 Å². The van der Waals surface area contributed by atoms with Crippen molar-refractivity contribution in [2.45, 2.75) is 55.9 Å². The van der Waals surface area contributed by atoms with E-state index >= 15 is 0 Å². The molecule has 1 aliphatic heterocycles. The molecule has 0 spiro atoms. The Hall–Kier alpha value is -2.78. The van der Waals surface area contributed by atoms with E-state index in [1.807, 2.05) is 6.92 Å². The van der Waals surface area contributed by atoms with E-state index in [1.165, 1.54) is 61.7 Å². The van der Waals surface area contributed by atoms with Gasteiger partial charge in [0.2, 0.25) is 21.8 Å². The van der Waals surface area contributed by atoms with Crippen molar-refractivity contribution in [2.75, 3.05) is 10.6 Å². The number of halogens is 1. The molecule has 1 heterocycles. The highest BCUT2D eigenvalue weighted by Gasteiger charge is 2.42. The number of benzene rings is 2. The van der Waals surface area contributed by atoms with Crippen molar-refractivity contribution in [1.29, 1.82) is 0 Å². The molecule has 9 heteroatoms. The van der Waals surface area contributed by atoms with E-state index in [0.29, 0.717) is 23.1 Å². The van der Waals surface area contributed by atoms with Gasteiger partial charge in [-0.05, 0) is 85.9 Å². The van der Waals surface area contributed by atoms with Gasteiger partial charge in [-0.1, -0.05) is 12.5 Å². The molecule has 2 bridgehead atoms. The fourth-order valence-corrected chi connectivity index (χ4v) is 7.22. The number of anilines is 2. The molecule has 2 saturated carbocycles. The number of fused-ring (bicyclic) bond motifs is 3. The lowest BCUT2D eigenvalue weighted by Crippen LogP contribution is -2.40. The van der Waals surface area contributed by atoms with Crippen LogP contribution in [-0.2, 0) is 19.6 Å². The predicted octanol–water partition coefficient (Wildman–Crippen LogP) is 3.99. The molecule has 34 heavy (non-hydrogen) atoms. The van der Waals surface area contributed by atoms with Gasteiger partial charge in [-0.3, -0.25) is 9.59 Å². The summed E-state index contributed by atoms with van der Waals surface area (Å²) in [4.78, 5) is 25.0. The number of sulfonamides is 1. The second kappa shape index (κ2) is 8.78. The average Bonchev–Trinajstić information content (AvgIpc) is 3.42. The Morgan fingerprint density at radius 3 is 2.56 bits per heavy atom. The molecule has 2 aliphatic carbocycles. The Bertz CT molecular complexity index is 1230. The van der Waals surface area contributed by atoms with Gasteiger partial charge in [-0.2, -0.15) is 0 Å². The van der Waals surface area contributed by atoms with Crippen molar-refractivity contribution in [2.24, 2.45) is 17.8 Å². The molecular weight excluding hydrogens is 457 g/mol. The minimum atomic E-state index is -3.68. The number of hydrogen-bond acceptors (Lipinski definition) is 4. The molecule has 3 aliphatic rings. The van der Waals surface area contributed by atoms with Gasteiger partial charge < -0.3 is 10.6 Å². The largest absolute Gasteiger partial charge is 0.326 e. The van der Waals surface area contributed by atoms with Crippen LogP contribution in [0.2, 0.25) is 0 Å². The maximum absolute atomic E-state index is 13.5. The first-order chi connectivity index (χ1) is 16.2. The Morgan fingerprint density at radius 1 is 1.12 bits per heavy atom. The van der Waals surface area contributed by atoms with Crippen LogP contribution in [0.15, 0.2) is 47.4 Å². The quantitative estimate of drug-likeness (QED) is 0.575. The lowest BCUT2D eigenvalue weighted by Gasteiger charge is -2.28. The van der Waals surface area contributed by atoms with Gasteiger partial charge in [0.05, 0.1) is 10.8 Å². The molecule has 5 unspecified atom stereocenters. The highest BCUT2D eigenvalue weighted by atomic mass is 32.2. The van der Waals surface area contributed by atoms with E-state index in [2.05, 4.69) is 15.4 Å². The standard InChI is InChI=1S/C25H28FN3O4S/c1-14(21-11-15-2-3-16(21)10-15)29-34(32,33)19-7-5-18(6-8-19)27-25(31)22-13-24(30)28-23-12-17(26)4-9-20(22)23/h4-9,12,14-16,21-22,29H,2-3,10-11,13H2,1H3,(H,27,31)(H,28,30). The molecular formula is C25H28FN3O4S. The Morgan fingerprint density at radius 2 is 1.88 bits per heavy atom. The van der Waals surface area contributed by atoms with E-state index in [-0.39, 0.29) is 29.0 Å². The van der Waals surface area contributed by atoms with Gasteiger partial charge in [0.1, 0.15) is 5.82 Å². The molecule has 7 nitrogen and oxygen atoms in total. The molecule has 2 fully saturated rings. The normalized spacial score (nSPS) is 26.6. The van der Waals surface area contributed by atoms with Crippen LogP contribution in [0, 0.1) is 23.6 Å². The summed E-state index contributed by atoms with van der Waals surface area (Å²) in [7, 11) is -3.68. The molecule has 5 atom stereocenters. The molecule has 2 aromatic rings. The minimum absolute atomic E-state index is 0.0538. The van der Waals surface area contributed by atoms with Gasteiger partial charge in [0.15, 0.2) is 0 Å². The molecule has 5 rings (SSSR count). The summed E-state index contributed by atoms with van der Waals surface area (Å²) in [5.41, 5.74) is 1.24. The molecule has 3 N–H and O–H groups in total. The summed E-state index contributed by atoms with van der Waals surface area (Å²) in [5.74, 6) is -0.306. The van der Waals surface area contributed by atoms with Crippen LogP contribution in [0.5, 0.6) is 0 Å². The zero-order valence-electron chi connectivity index (χ0n) is 18.9. The average molecular weight is 486 g/mol. The highest BCUT2D eigenvalue weighted by molar-refractivity contribution is 7.89. The first-order valence-corrected chi connectivity index (χ1v) is 13.2. The fraction of sp³-hybridized carbons (Fsp3) is 0.440. The second-order valence-corrected chi connectivity index (χ2v) is 11.5.